The summed E-state index contributed by atoms with van der Waals surface area (Å²) in [6, 6.07) is 12.5. The summed E-state index contributed by atoms with van der Waals surface area (Å²) in [4.78, 5) is 38.4. The number of benzene rings is 2. The van der Waals surface area contributed by atoms with Gasteiger partial charge in [0.05, 0.1) is 10.9 Å². The Hall–Kier alpha value is -2.86. The summed E-state index contributed by atoms with van der Waals surface area (Å²) in [7, 11) is 0. The molecule has 1 heterocycles. The second-order valence-corrected chi connectivity index (χ2v) is 7.65. The molecule has 1 aliphatic rings. The lowest BCUT2D eigenvalue weighted by Crippen LogP contribution is -2.45. The first kappa shape index (κ1) is 18.5. The minimum absolute atomic E-state index is 0.0425. The first-order chi connectivity index (χ1) is 13.5. The van der Waals surface area contributed by atoms with Crippen LogP contribution in [0.1, 0.15) is 24.4 Å². The first-order valence-corrected chi connectivity index (χ1v) is 9.55. The maximum Gasteiger partial charge on any atom is 0.332 e. The fourth-order valence-electron chi connectivity index (χ4n) is 3.50. The monoisotopic (exact) mass is 398 g/mol. The Balaban J connectivity index is 1.94. The van der Waals surface area contributed by atoms with Crippen LogP contribution in [0.3, 0.4) is 0 Å². The van der Waals surface area contributed by atoms with Gasteiger partial charge in [0.25, 0.3) is 5.56 Å². The number of hydrogen-bond acceptors (Lipinski definition) is 3. The van der Waals surface area contributed by atoms with E-state index in [-0.39, 0.29) is 11.8 Å². The third kappa shape index (κ3) is 3.47. The van der Waals surface area contributed by atoms with Gasteiger partial charge in [-0.2, -0.15) is 0 Å². The van der Waals surface area contributed by atoms with Gasteiger partial charge in [-0.3, -0.25) is 9.36 Å². The topological polar surface area (TPSA) is 81.3 Å². The molecule has 7 heteroatoms. The molecule has 1 fully saturated rings. The Morgan fingerprint density at radius 3 is 2.50 bits per heavy atom. The molecule has 0 radical (unpaired) electrons. The van der Waals surface area contributed by atoms with Crippen LogP contribution in [0.5, 0.6) is 0 Å². The molecule has 0 aliphatic heterocycles. The minimum Gasteiger partial charge on any atom is -0.480 e. The number of hydrogen-bond donors (Lipinski definition) is 1. The molecule has 0 amide bonds. The van der Waals surface area contributed by atoms with Gasteiger partial charge >= 0.3 is 11.7 Å². The van der Waals surface area contributed by atoms with Crippen LogP contribution in [0.25, 0.3) is 10.9 Å². The molecule has 144 valence electrons. The number of aliphatic carboxylic acids is 1. The van der Waals surface area contributed by atoms with Gasteiger partial charge in [0.1, 0.15) is 6.04 Å². The first-order valence-electron chi connectivity index (χ1n) is 9.17. The number of aromatic nitrogens is 2. The van der Waals surface area contributed by atoms with Crippen LogP contribution in [0, 0.1) is 5.92 Å². The van der Waals surface area contributed by atoms with Gasteiger partial charge in [0.15, 0.2) is 0 Å². The highest BCUT2D eigenvalue weighted by Gasteiger charge is 2.29. The summed E-state index contributed by atoms with van der Waals surface area (Å²) in [6.45, 7) is 0.467. The predicted octanol–water partition coefficient (Wildman–Crippen LogP) is 3.10. The number of carboxylic acids is 1. The Kier molecular flexibility index (Phi) is 4.81. The summed E-state index contributed by atoms with van der Waals surface area (Å²) in [5, 5.41) is 10.4. The molecule has 6 nitrogen and oxygen atoms in total. The zero-order valence-electron chi connectivity index (χ0n) is 15.0. The normalized spacial score (nSPS) is 14.9. The van der Waals surface area contributed by atoms with E-state index in [1.165, 1.54) is 10.6 Å². The molecule has 1 saturated carbocycles. The van der Waals surface area contributed by atoms with Crippen LogP contribution >= 0.6 is 11.6 Å². The second kappa shape index (κ2) is 7.28. The maximum absolute atomic E-state index is 13.2. The van der Waals surface area contributed by atoms with Crippen LogP contribution in [0.15, 0.2) is 58.1 Å². The van der Waals surface area contributed by atoms with Gasteiger partial charge in [-0.1, -0.05) is 41.9 Å². The van der Waals surface area contributed by atoms with Gasteiger partial charge in [-0.15, -0.1) is 0 Å². The summed E-state index contributed by atoms with van der Waals surface area (Å²) >= 11 is 6.07. The molecule has 1 aliphatic carbocycles. The average molecular weight is 399 g/mol. The summed E-state index contributed by atoms with van der Waals surface area (Å²) < 4.78 is 2.39. The molecule has 28 heavy (non-hydrogen) atoms. The molecule has 1 atom stereocenters. The zero-order chi connectivity index (χ0) is 19.8. The van der Waals surface area contributed by atoms with Crippen molar-refractivity contribution in [2.75, 3.05) is 0 Å². The number of carboxylic acid groups (broad SMARTS) is 1. The Labute approximate surface area is 165 Å². The van der Waals surface area contributed by atoms with Crippen molar-refractivity contribution >= 4 is 28.5 Å². The van der Waals surface area contributed by atoms with Crippen LogP contribution < -0.4 is 11.2 Å². The Morgan fingerprint density at radius 2 is 1.86 bits per heavy atom. The van der Waals surface area contributed by atoms with Crippen molar-refractivity contribution in [3.8, 4) is 0 Å². The number of fused-ring (bicyclic) bond motifs is 1. The molecule has 0 bridgehead atoms. The van der Waals surface area contributed by atoms with E-state index >= 15 is 0 Å². The van der Waals surface area contributed by atoms with E-state index < -0.39 is 23.3 Å². The van der Waals surface area contributed by atoms with E-state index in [0.717, 1.165) is 23.0 Å². The van der Waals surface area contributed by atoms with Gasteiger partial charge < -0.3 is 5.11 Å². The van der Waals surface area contributed by atoms with E-state index in [1.54, 1.807) is 36.4 Å². The van der Waals surface area contributed by atoms with Crippen molar-refractivity contribution in [1.29, 1.82) is 0 Å². The lowest BCUT2D eigenvalue weighted by atomic mass is 10.1. The van der Waals surface area contributed by atoms with E-state index in [2.05, 4.69) is 0 Å². The molecule has 3 aromatic rings. The Morgan fingerprint density at radius 1 is 1.14 bits per heavy atom. The van der Waals surface area contributed by atoms with E-state index in [0.29, 0.717) is 23.0 Å². The van der Waals surface area contributed by atoms with Crippen LogP contribution in [0.4, 0.5) is 0 Å². The smallest absolute Gasteiger partial charge is 0.332 e. The van der Waals surface area contributed by atoms with Gasteiger partial charge in [0, 0.05) is 18.0 Å². The van der Waals surface area contributed by atoms with E-state index in [9.17, 15) is 19.5 Å². The summed E-state index contributed by atoms with van der Waals surface area (Å²) in [5.41, 5.74) is 0.0143. The van der Waals surface area contributed by atoms with Crippen molar-refractivity contribution in [3.05, 3.63) is 80.0 Å². The van der Waals surface area contributed by atoms with E-state index in [4.69, 9.17) is 11.6 Å². The molecule has 0 saturated heterocycles. The second-order valence-electron chi connectivity index (χ2n) is 7.22. The maximum atomic E-state index is 13.2. The van der Waals surface area contributed by atoms with E-state index in [1.807, 2.05) is 6.07 Å². The minimum atomic E-state index is -1.30. The molecule has 0 unspecified atom stereocenters. The van der Waals surface area contributed by atoms with Crippen molar-refractivity contribution in [2.45, 2.75) is 31.8 Å². The van der Waals surface area contributed by atoms with Gasteiger partial charge in [-0.25, -0.2) is 14.2 Å². The molecular formula is C21H19ClN2O4. The highest BCUT2D eigenvalue weighted by molar-refractivity contribution is 6.31. The van der Waals surface area contributed by atoms with Crippen LogP contribution in [0.2, 0.25) is 5.02 Å². The van der Waals surface area contributed by atoms with Crippen LogP contribution in [-0.2, 0) is 17.8 Å². The van der Waals surface area contributed by atoms with Crippen LogP contribution in [-0.4, -0.2) is 20.2 Å². The highest BCUT2D eigenvalue weighted by Crippen LogP contribution is 2.31. The summed E-state index contributed by atoms with van der Waals surface area (Å²) in [5.74, 6) is -0.845. The SMILES string of the molecule is O=C(O)[C@H](Cc1ccccc1)n1c(=O)c2cc(Cl)ccc2n(CC2CC2)c1=O. The Bertz CT molecular complexity index is 1160. The van der Waals surface area contributed by atoms with Gasteiger partial charge in [0.2, 0.25) is 0 Å². The molecule has 2 aromatic carbocycles. The molecule has 4 rings (SSSR count). The molecule has 1 N–H and O–H groups in total. The number of rotatable bonds is 6. The molecular weight excluding hydrogens is 380 g/mol. The number of carbonyl (C=O) groups is 1. The fourth-order valence-corrected chi connectivity index (χ4v) is 3.67. The van der Waals surface area contributed by atoms with Gasteiger partial charge in [-0.05, 0) is 42.5 Å². The van der Waals surface area contributed by atoms with Crippen molar-refractivity contribution < 1.29 is 9.90 Å². The standard InChI is InChI=1S/C21H19ClN2O4/c22-15-8-9-17-16(11-15)19(25)24(21(28)23(17)12-14-6-7-14)18(20(26)27)10-13-4-2-1-3-5-13/h1-5,8-9,11,14,18H,6-7,10,12H2,(H,26,27)/t18-/m0/s1. The largest absolute Gasteiger partial charge is 0.480 e. The quantitative estimate of drug-likeness (QED) is 0.691. The lowest BCUT2D eigenvalue weighted by molar-refractivity contribution is -0.141. The zero-order valence-corrected chi connectivity index (χ0v) is 15.8. The predicted molar refractivity (Wildman–Crippen MR) is 107 cm³/mol. The highest BCUT2D eigenvalue weighted by atomic mass is 35.5. The van der Waals surface area contributed by atoms with Crippen molar-refractivity contribution in [3.63, 3.8) is 0 Å². The van der Waals surface area contributed by atoms with Crippen molar-refractivity contribution in [2.24, 2.45) is 5.92 Å². The summed E-state index contributed by atoms with van der Waals surface area (Å²) in [6.07, 6.45) is 2.08. The average Bonchev–Trinajstić information content (AvgIpc) is 3.49. The number of nitrogens with zero attached hydrogens (tertiary/aromatic N) is 2. The molecule has 1 aromatic heterocycles. The number of halogens is 1. The fraction of sp³-hybridized carbons (Fsp3) is 0.286. The third-order valence-electron chi connectivity index (χ3n) is 5.14. The lowest BCUT2D eigenvalue weighted by Gasteiger charge is -2.19. The third-order valence-corrected chi connectivity index (χ3v) is 5.38. The van der Waals surface area contributed by atoms with Crippen molar-refractivity contribution in [1.82, 2.24) is 9.13 Å². The molecule has 0 spiro atoms.